The molecule has 1 aromatic carbocycles. The molecular formula is C12H15Br3N2O. The number of nitrogens with one attached hydrogen (secondary N) is 1. The van der Waals surface area contributed by atoms with E-state index in [1.807, 2.05) is 6.07 Å². The van der Waals surface area contributed by atoms with Crippen molar-refractivity contribution in [3.63, 3.8) is 0 Å². The zero-order chi connectivity index (χ0) is 13.3. The molecule has 0 radical (unpaired) electrons. The van der Waals surface area contributed by atoms with Crippen LogP contribution in [0.2, 0.25) is 0 Å². The van der Waals surface area contributed by atoms with E-state index in [2.05, 4.69) is 64.9 Å². The molecule has 0 spiro atoms. The molecule has 2 rings (SSSR count). The molecule has 1 saturated heterocycles. The van der Waals surface area contributed by atoms with Crippen LogP contribution in [0, 0.1) is 0 Å². The van der Waals surface area contributed by atoms with Gasteiger partial charge in [-0.15, -0.1) is 0 Å². The molecule has 1 fully saturated rings. The van der Waals surface area contributed by atoms with Crippen molar-refractivity contribution in [2.45, 2.75) is 13.0 Å². The molecule has 100 valence electrons. The number of halogens is 3. The highest BCUT2D eigenvalue weighted by Gasteiger charge is 2.24. The van der Waals surface area contributed by atoms with Crippen molar-refractivity contribution in [3.8, 4) is 5.75 Å². The molecule has 1 aliphatic rings. The summed E-state index contributed by atoms with van der Waals surface area (Å²) in [5.41, 5.74) is 1.10. The number of benzene rings is 1. The third-order valence-corrected chi connectivity index (χ3v) is 5.36. The predicted octanol–water partition coefficient (Wildman–Crippen LogP) is 3.65. The van der Waals surface area contributed by atoms with E-state index in [-0.39, 0.29) is 11.8 Å². The normalized spacial score (nSPS) is 18.9. The van der Waals surface area contributed by atoms with E-state index < -0.39 is 0 Å². The lowest BCUT2D eigenvalue weighted by Gasteiger charge is -2.34. The maximum absolute atomic E-state index is 10.0. The summed E-state index contributed by atoms with van der Waals surface area (Å²) in [5, 5.41) is 13.4. The molecule has 1 aliphatic heterocycles. The average molecular weight is 443 g/mol. The van der Waals surface area contributed by atoms with Gasteiger partial charge in [0.2, 0.25) is 0 Å². The van der Waals surface area contributed by atoms with E-state index in [4.69, 9.17) is 0 Å². The molecule has 18 heavy (non-hydrogen) atoms. The van der Waals surface area contributed by atoms with E-state index >= 15 is 0 Å². The van der Waals surface area contributed by atoms with Crippen LogP contribution in [0.1, 0.15) is 18.5 Å². The fourth-order valence-corrected chi connectivity index (χ4v) is 5.01. The van der Waals surface area contributed by atoms with Gasteiger partial charge in [-0.2, -0.15) is 0 Å². The Morgan fingerprint density at radius 2 is 1.83 bits per heavy atom. The van der Waals surface area contributed by atoms with E-state index in [1.165, 1.54) is 0 Å². The Morgan fingerprint density at radius 1 is 1.22 bits per heavy atom. The van der Waals surface area contributed by atoms with Crippen LogP contribution in [0.25, 0.3) is 0 Å². The summed E-state index contributed by atoms with van der Waals surface area (Å²) in [6.07, 6.45) is 0. The lowest BCUT2D eigenvalue weighted by Crippen LogP contribution is -2.44. The highest BCUT2D eigenvalue weighted by atomic mass is 79.9. The number of phenols is 1. The van der Waals surface area contributed by atoms with Crippen molar-refractivity contribution in [1.82, 2.24) is 10.2 Å². The predicted molar refractivity (Wildman–Crippen MR) is 84.1 cm³/mol. The highest BCUT2D eigenvalue weighted by Crippen LogP contribution is 2.43. The SMILES string of the molecule is C[C@H](c1c(Br)cc(Br)c(O)c1Br)N1CCNCC1. The summed E-state index contributed by atoms with van der Waals surface area (Å²) in [6.45, 7) is 6.25. The van der Waals surface area contributed by atoms with Gasteiger partial charge < -0.3 is 10.4 Å². The van der Waals surface area contributed by atoms with E-state index in [0.717, 1.165) is 40.7 Å². The number of phenolic OH excluding ortho intramolecular Hbond substituents is 1. The summed E-state index contributed by atoms with van der Waals surface area (Å²) >= 11 is 10.4. The number of rotatable bonds is 2. The number of piperazine rings is 1. The standard InChI is InChI=1S/C12H15Br3N2O/c1-7(17-4-2-16-3-5-17)10-8(13)6-9(14)12(18)11(10)15/h6-7,16,18H,2-5H2,1H3/t7-/m1/s1. The van der Waals surface area contributed by atoms with Gasteiger partial charge in [-0.1, -0.05) is 15.9 Å². The Bertz CT molecular complexity index is 447. The first-order valence-corrected chi connectivity index (χ1v) is 8.21. The van der Waals surface area contributed by atoms with Crippen molar-refractivity contribution >= 4 is 47.8 Å². The maximum atomic E-state index is 10.0. The minimum Gasteiger partial charge on any atom is -0.506 e. The Balaban J connectivity index is 2.34. The van der Waals surface area contributed by atoms with E-state index in [1.54, 1.807) is 0 Å². The second-order valence-corrected chi connectivity index (χ2v) is 6.88. The topological polar surface area (TPSA) is 35.5 Å². The van der Waals surface area contributed by atoms with E-state index in [0.29, 0.717) is 4.47 Å². The van der Waals surface area contributed by atoms with Gasteiger partial charge in [0.25, 0.3) is 0 Å². The van der Waals surface area contributed by atoms with Crippen LogP contribution in [0.3, 0.4) is 0 Å². The van der Waals surface area contributed by atoms with Crippen LogP contribution in [0.5, 0.6) is 5.75 Å². The van der Waals surface area contributed by atoms with Gasteiger partial charge in [0.1, 0.15) is 5.75 Å². The van der Waals surface area contributed by atoms with Gasteiger partial charge in [0.05, 0.1) is 8.95 Å². The molecule has 0 aromatic heterocycles. The first-order valence-electron chi connectivity index (χ1n) is 5.83. The zero-order valence-corrected chi connectivity index (χ0v) is 14.8. The van der Waals surface area contributed by atoms with E-state index in [9.17, 15) is 5.11 Å². The summed E-state index contributed by atoms with van der Waals surface area (Å²) in [7, 11) is 0. The third-order valence-electron chi connectivity index (χ3n) is 3.30. The molecular weight excluding hydrogens is 428 g/mol. The molecule has 2 N–H and O–H groups in total. The van der Waals surface area contributed by atoms with Crippen molar-refractivity contribution in [2.24, 2.45) is 0 Å². The Hall–Kier alpha value is 0.380. The summed E-state index contributed by atoms with van der Waals surface area (Å²) in [5.74, 6) is 0.259. The Labute approximate surface area is 132 Å². The quantitative estimate of drug-likeness (QED) is 0.734. The Kier molecular flexibility index (Phi) is 5.11. The van der Waals surface area contributed by atoms with Gasteiger partial charge in [0.15, 0.2) is 0 Å². The molecule has 0 unspecified atom stereocenters. The monoisotopic (exact) mass is 440 g/mol. The number of hydrogen-bond donors (Lipinski definition) is 2. The van der Waals surface area contributed by atoms with Crippen molar-refractivity contribution in [2.75, 3.05) is 26.2 Å². The van der Waals surface area contributed by atoms with Gasteiger partial charge >= 0.3 is 0 Å². The molecule has 1 atom stereocenters. The van der Waals surface area contributed by atoms with Crippen LogP contribution in [0.15, 0.2) is 19.5 Å². The third kappa shape index (κ3) is 2.93. The molecule has 0 amide bonds. The average Bonchev–Trinajstić information content (AvgIpc) is 2.37. The number of hydrogen-bond acceptors (Lipinski definition) is 3. The molecule has 3 nitrogen and oxygen atoms in total. The van der Waals surface area contributed by atoms with Crippen molar-refractivity contribution < 1.29 is 5.11 Å². The van der Waals surface area contributed by atoms with Gasteiger partial charge in [-0.05, 0) is 44.8 Å². The molecule has 1 aromatic rings. The molecule has 0 saturated carbocycles. The van der Waals surface area contributed by atoms with Crippen molar-refractivity contribution in [3.05, 3.63) is 25.0 Å². The molecule has 0 bridgehead atoms. The van der Waals surface area contributed by atoms with Crippen LogP contribution in [0.4, 0.5) is 0 Å². The second-order valence-electron chi connectivity index (χ2n) is 4.38. The minimum atomic E-state index is 0.259. The van der Waals surface area contributed by atoms with Gasteiger partial charge in [-0.25, -0.2) is 0 Å². The molecule has 6 heteroatoms. The van der Waals surface area contributed by atoms with Gasteiger partial charge in [-0.3, -0.25) is 4.90 Å². The van der Waals surface area contributed by atoms with Gasteiger partial charge in [0, 0.05) is 42.3 Å². The largest absolute Gasteiger partial charge is 0.506 e. The number of nitrogens with zero attached hydrogens (tertiary/aromatic N) is 1. The zero-order valence-electron chi connectivity index (χ0n) is 10.0. The lowest BCUT2D eigenvalue weighted by atomic mass is 10.1. The Morgan fingerprint density at radius 3 is 2.44 bits per heavy atom. The first kappa shape index (κ1) is 14.8. The molecule has 1 heterocycles. The minimum absolute atomic E-state index is 0.259. The smallest absolute Gasteiger partial charge is 0.144 e. The fraction of sp³-hybridized carbons (Fsp3) is 0.500. The van der Waals surface area contributed by atoms with Crippen LogP contribution in [-0.4, -0.2) is 36.2 Å². The lowest BCUT2D eigenvalue weighted by molar-refractivity contribution is 0.184. The summed E-state index contributed by atoms with van der Waals surface area (Å²) in [4.78, 5) is 2.41. The van der Waals surface area contributed by atoms with Crippen LogP contribution >= 0.6 is 47.8 Å². The van der Waals surface area contributed by atoms with Crippen molar-refractivity contribution in [1.29, 1.82) is 0 Å². The highest BCUT2D eigenvalue weighted by molar-refractivity contribution is 9.11. The van der Waals surface area contributed by atoms with Crippen LogP contribution in [-0.2, 0) is 0 Å². The number of aromatic hydroxyl groups is 1. The second kappa shape index (κ2) is 6.22. The summed E-state index contributed by atoms with van der Waals surface area (Å²) in [6, 6.07) is 2.16. The first-order chi connectivity index (χ1) is 8.52. The maximum Gasteiger partial charge on any atom is 0.144 e. The van der Waals surface area contributed by atoms with Crippen LogP contribution < -0.4 is 5.32 Å². The molecule has 0 aliphatic carbocycles. The summed E-state index contributed by atoms with van der Waals surface area (Å²) < 4.78 is 2.46. The fourth-order valence-electron chi connectivity index (χ4n) is 2.23.